The van der Waals surface area contributed by atoms with Crippen molar-refractivity contribution < 1.29 is 5.11 Å². The monoisotopic (exact) mass is 214 g/mol. The summed E-state index contributed by atoms with van der Waals surface area (Å²) >= 11 is 0. The Bertz CT molecular complexity index is 135. The topological polar surface area (TPSA) is 20.2 Å². The molecule has 0 fully saturated rings. The van der Waals surface area contributed by atoms with Gasteiger partial charge >= 0.3 is 0 Å². The fourth-order valence-electron chi connectivity index (χ4n) is 1.76. The van der Waals surface area contributed by atoms with Crippen LogP contribution >= 0.6 is 0 Å². The molecule has 1 unspecified atom stereocenters. The Morgan fingerprint density at radius 2 is 1.40 bits per heavy atom. The maximum Gasteiger partial charge on any atom is 0.0617 e. The van der Waals surface area contributed by atoms with Crippen molar-refractivity contribution in [2.24, 2.45) is 5.92 Å². The zero-order valence-corrected chi connectivity index (χ0v) is 11.2. The van der Waals surface area contributed by atoms with Crippen molar-refractivity contribution in [2.45, 2.75) is 84.7 Å². The predicted octanol–water partition coefficient (Wildman–Crippen LogP) is 4.53. The van der Waals surface area contributed by atoms with Crippen molar-refractivity contribution in [3.05, 3.63) is 0 Å². The number of aliphatic hydroxyl groups is 1. The number of unbranched alkanes of at least 4 members (excludes halogenated alkanes) is 6. The third-order valence-corrected chi connectivity index (χ3v) is 3.45. The van der Waals surface area contributed by atoms with Gasteiger partial charge in [-0.15, -0.1) is 0 Å². The van der Waals surface area contributed by atoms with Gasteiger partial charge < -0.3 is 5.11 Å². The molecule has 1 N–H and O–H groups in total. The molecule has 0 saturated heterocycles. The van der Waals surface area contributed by atoms with E-state index in [0.29, 0.717) is 5.92 Å². The van der Waals surface area contributed by atoms with Gasteiger partial charge in [0.05, 0.1) is 5.60 Å². The van der Waals surface area contributed by atoms with E-state index >= 15 is 0 Å². The molecule has 0 amide bonds. The molecule has 0 aliphatic rings. The zero-order chi connectivity index (χ0) is 11.7. The molecule has 0 aromatic carbocycles. The lowest BCUT2D eigenvalue weighted by molar-refractivity contribution is 0.0203. The molecular formula is C14H30O. The molecular weight excluding hydrogens is 184 g/mol. The van der Waals surface area contributed by atoms with Crippen LogP contribution in [-0.2, 0) is 0 Å². The lowest BCUT2D eigenvalue weighted by Crippen LogP contribution is -2.28. The number of hydrogen-bond donors (Lipinski definition) is 1. The van der Waals surface area contributed by atoms with Crippen LogP contribution in [0, 0.1) is 5.92 Å². The highest BCUT2D eigenvalue weighted by molar-refractivity contribution is 4.72. The molecule has 1 heteroatoms. The molecule has 0 bridgehead atoms. The molecule has 0 aliphatic heterocycles. The van der Waals surface area contributed by atoms with Crippen LogP contribution in [-0.4, -0.2) is 10.7 Å². The van der Waals surface area contributed by atoms with Crippen LogP contribution in [0.1, 0.15) is 79.1 Å². The van der Waals surface area contributed by atoms with Crippen molar-refractivity contribution >= 4 is 0 Å². The Morgan fingerprint density at radius 1 is 0.933 bits per heavy atom. The second-order valence-corrected chi connectivity index (χ2v) is 5.46. The first kappa shape index (κ1) is 15.0. The van der Waals surface area contributed by atoms with Crippen LogP contribution in [0.4, 0.5) is 0 Å². The fourth-order valence-corrected chi connectivity index (χ4v) is 1.76. The van der Waals surface area contributed by atoms with E-state index in [2.05, 4.69) is 13.8 Å². The van der Waals surface area contributed by atoms with Crippen LogP contribution in [0.5, 0.6) is 0 Å². The predicted molar refractivity (Wildman–Crippen MR) is 68.1 cm³/mol. The first-order chi connectivity index (χ1) is 6.98. The van der Waals surface area contributed by atoms with Crippen LogP contribution in [0.25, 0.3) is 0 Å². The van der Waals surface area contributed by atoms with Gasteiger partial charge in [0, 0.05) is 0 Å². The summed E-state index contributed by atoms with van der Waals surface area (Å²) in [5.74, 6) is 0.424. The quantitative estimate of drug-likeness (QED) is 0.559. The summed E-state index contributed by atoms with van der Waals surface area (Å²) in [5, 5.41) is 9.76. The van der Waals surface area contributed by atoms with E-state index in [-0.39, 0.29) is 0 Å². The van der Waals surface area contributed by atoms with Gasteiger partial charge in [-0.05, 0) is 26.2 Å². The summed E-state index contributed by atoms with van der Waals surface area (Å²) < 4.78 is 0. The first-order valence-electron chi connectivity index (χ1n) is 6.70. The number of hydrogen-bond acceptors (Lipinski definition) is 1. The van der Waals surface area contributed by atoms with E-state index in [0.717, 1.165) is 6.42 Å². The Hall–Kier alpha value is -0.0400. The Balaban J connectivity index is 3.24. The van der Waals surface area contributed by atoms with Crippen LogP contribution < -0.4 is 0 Å². The van der Waals surface area contributed by atoms with Crippen molar-refractivity contribution in [1.82, 2.24) is 0 Å². The maximum absolute atomic E-state index is 9.76. The summed E-state index contributed by atoms with van der Waals surface area (Å²) in [6, 6.07) is 0. The van der Waals surface area contributed by atoms with E-state index in [1.54, 1.807) is 0 Å². The average Bonchev–Trinajstić information content (AvgIpc) is 2.14. The molecule has 0 radical (unpaired) electrons. The highest BCUT2D eigenvalue weighted by Crippen LogP contribution is 2.22. The fraction of sp³-hybridized carbons (Fsp3) is 1.00. The summed E-state index contributed by atoms with van der Waals surface area (Å²) in [5.41, 5.74) is -0.498. The summed E-state index contributed by atoms with van der Waals surface area (Å²) in [7, 11) is 0. The van der Waals surface area contributed by atoms with Gasteiger partial charge in [-0.3, -0.25) is 0 Å². The van der Waals surface area contributed by atoms with Gasteiger partial charge in [0.15, 0.2) is 0 Å². The standard InChI is InChI=1S/C14H30O/c1-5-6-7-8-9-10-11-12-13(2)14(3,4)15/h13,15H,5-12H2,1-4H3. The highest BCUT2D eigenvalue weighted by Gasteiger charge is 2.21. The molecule has 0 aliphatic carbocycles. The van der Waals surface area contributed by atoms with Crippen LogP contribution in [0.2, 0.25) is 0 Å². The molecule has 1 nitrogen and oxygen atoms in total. The van der Waals surface area contributed by atoms with Crippen molar-refractivity contribution in [1.29, 1.82) is 0 Å². The maximum atomic E-state index is 9.76. The molecule has 0 aromatic heterocycles. The average molecular weight is 214 g/mol. The highest BCUT2D eigenvalue weighted by atomic mass is 16.3. The molecule has 0 aromatic rings. The minimum Gasteiger partial charge on any atom is -0.390 e. The molecule has 0 saturated carbocycles. The van der Waals surface area contributed by atoms with Crippen molar-refractivity contribution in [3.63, 3.8) is 0 Å². The Labute approximate surface area is 96.3 Å². The molecule has 1 atom stereocenters. The van der Waals surface area contributed by atoms with E-state index in [1.807, 2.05) is 13.8 Å². The van der Waals surface area contributed by atoms with Gasteiger partial charge in [0.25, 0.3) is 0 Å². The first-order valence-corrected chi connectivity index (χ1v) is 6.70. The van der Waals surface area contributed by atoms with E-state index in [4.69, 9.17) is 0 Å². The van der Waals surface area contributed by atoms with Gasteiger partial charge in [-0.1, -0.05) is 58.8 Å². The van der Waals surface area contributed by atoms with Gasteiger partial charge in [-0.25, -0.2) is 0 Å². The van der Waals surface area contributed by atoms with E-state index in [9.17, 15) is 5.11 Å². The normalized spacial score (nSPS) is 14.2. The SMILES string of the molecule is CCCCCCCCCC(C)C(C)(C)O. The summed E-state index contributed by atoms with van der Waals surface area (Å²) in [6.45, 7) is 8.24. The second-order valence-electron chi connectivity index (χ2n) is 5.46. The van der Waals surface area contributed by atoms with Gasteiger partial charge in [0.2, 0.25) is 0 Å². The lowest BCUT2D eigenvalue weighted by atomic mass is 9.88. The third kappa shape index (κ3) is 8.92. The van der Waals surface area contributed by atoms with Crippen molar-refractivity contribution in [2.75, 3.05) is 0 Å². The summed E-state index contributed by atoms with van der Waals surface area (Å²) in [6.07, 6.45) is 10.7. The zero-order valence-electron chi connectivity index (χ0n) is 11.2. The molecule has 92 valence electrons. The minimum absolute atomic E-state index is 0.424. The minimum atomic E-state index is -0.498. The largest absolute Gasteiger partial charge is 0.390 e. The van der Waals surface area contributed by atoms with E-state index < -0.39 is 5.60 Å². The third-order valence-electron chi connectivity index (χ3n) is 3.45. The van der Waals surface area contributed by atoms with Crippen LogP contribution in [0.15, 0.2) is 0 Å². The Kier molecular flexibility index (Phi) is 8.13. The smallest absolute Gasteiger partial charge is 0.0617 e. The molecule has 15 heavy (non-hydrogen) atoms. The van der Waals surface area contributed by atoms with Crippen LogP contribution in [0.3, 0.4) is 0 Å². The lowest BCUT2D eigenvalue weighted by Gasteiger charge is -2.25. The molecule has 0 heterocycles. The van der Waals surface area contributed by atoms with Crippen molar-refractivity contribution in [3.8, 4) is 0 Å². The van der Waals surface area contributed by atoms with Gasteiger partial charge in [0.1, 0.15) is 0 Å². The van der Waals surface area contributed by atoms with Gasteiger partial charge in [-0.2, -0.15) is 0 Å². The number of rotatable bonds is 9. The van der Waals surface area contributed by atoms with E-state index in [1.165, 1.54) is 44.9 Å². The Morgan fingerprint density at radius 3 is 1.87 bits per heavy atom. The second kappa shape index (κ2) is 8.15. The molecule has 0 rings (SSSR count). The molecule has 0 spiro atoms. The summed E-state index contributed by atoms with van der Waals surface area (Å²) in [4.78, 5) is 0.